The quantitative estimate of drug-likeness (QED) is 0.537. The van der Waals surface area contributed by atoms with Gasteiger partial charge in [0.2, 0.25) is 0 Å². The standard InChI is InChI=1S/C18H14ClN3OS/c1-21(2)13-7-4-8-14-15(13)16-17(24-14)18(23)22(10-20-16)12-6-3-5-11(19)9-12/h3-10H,1-2H3. The Morgan fingerprint density at radius 1 is 1.17 bits per heavy atom. The molecule has 120 valence electrons. The van der Waals surface area contributed by atoms with Crippen LogP contribution >= 0.6 is 22.9 Å². The highest BCUT2D eigenvalue weighted by atomic mass is 35.5. The third-order valence-electron chi connectivity index (χ3n) is 3.95. The normalized spacial score (nSPS) is 11.3. The van der Waals surface area contributed by atoms with Crippen LogP contribution in [0.1, 0.15) is 0 Å². The number of benzene rings is 2. The number of nitrogens with zero attached hydrogens (tertiary/aromatic N) is 3. The van der Waals surface area contributed by atoms with Crippen molar-refractivity contribution in [2.75, 3.05) is 19.0 Å². The first-order valence-electron chi connectivity index (χ1n) is 7.42. The molecule has 0 aliphatic carbocycles. The van der Waals surface area contributed by atoms with Crippen LogP contribution in [0, 0.1) is 0 Å². The molecule has 0 N–H and O–H groups in total. The first kappa shape index (κ1) is 15.2. The van der Waals surface area contributed by atoms with Gasteiger partial charge in [-0.2, -0.15) is 0 Å². The van der Waals surface area contributed by atoms with Crippen LogP contribution in [0.3, 0.4) is 0 Å². The van der Waals surface area contributed by atoms with Crippen molar-refractivity contribution in [1.29, 1.82) is 0 Å². The van der Waals surface area contributed by atoms with E-state index in [-0.39, 0.29) is 5.56 Å². The molecule has 0 radical (unpaired) electrons. The fraction of sp³-hybridized carbons (Fsp3) is 0.111. The molecular formula is C18H14ClN3OS. The van der Waals surface area contributed by atoms with Crippen LogP contribution in [0.25, 0.3) is 26.0 Å². The van der Waals surface area contributed by atoms with Gasteiger partial charge >= 0.3 is 0 Å². The minimum atomic E-state index is -0.0758. The van der Waals surface area contributed by atoms with Crippen LogP contribution in [0.2, 0.25) is 5.02 Å². The van der Waals surface area contributed by atoms with Gasteiger partial charge in [-0.05, 0) is 30.3 Å². The molecule has 0 aliphatic rings. The number of halogens is 1. The Hall–Kier alpha value is -2.37. The Morgan fingerprint density at radius 2 is 1.96 bits per heavy atom. The Bertz CT molecular complexity index is 1130. The molecule has 0 atom stereocenters. The van der Waals surface area contributed by atoms with Crippen LogP contribution in [0.4, 0.5) is 5.69 Å². The summed E-state index contributed by atoms with van der Waals surface area (Å²) in [7, 11) is 3.98. The Kier molecular flexibility index (Phi) is 3.55. The van der Waals surface area contributed by atoms with Gasteiger partial charge in [0.25, 0.3) is 5.56 Å². The van der Waals surface area contributed by atoms with Crippen LogP contribution < -0.4 is 10.5 Å². The SMILES string of the molecule is CN(C)c1cccc2sc3c(=O)n(-c4cccc(Cl)c4)cnc3c12. The van der Waals surface area contributed by atoms with Crippen LogP contribution in [0.15, 0.2) is 53.6 Å². The predicted octanol–water partition coefficient (Wildman–Crippen LogP) is 4.32. The maximum atomic E-state index is 13.0. The fourth-order valence-electron chi connectivity index (χ4n) is 2.84. The molecule has 0 unspecified atom stereocenters. The first-order valence-corrected chi connectivity index (χ1v) is 8.62. The Morgan fingerprint density at radius 3 is 2.71 bits per heavy atom. The Labute approximate surface area is 147 Å². The molecule has 2 aromatic heterocycles. The van der Waals surface area contributed by atoms with Crippen LogP contribution in [0.5, 0.6) is 0 Å². The maximum Gasteiger partial charge on any atom is 0.275 e. The molecule has 4 aromatic rings. The number of hydrogen-bond donors (Lipinski definition) is 0. The van der Waals surface area contributed by atoms with Gasteiger partial charge in [0.05, 0.1) is 11.2 Å². The van der Waals surface area contributed by atoms with Crippen molar-refractivity contribution in [2.24, 2.45) is 0 Å². The van der Waals surface area contributed by atoms with Crippen molar-refractivity contribution in [3.63, 3.8) is 0 Å². The molecule has 0 amide bonds. The van der Waals surface area contributed by atoms with Gasteiger partial charge in [0, 0.05) is 34.9 Å². The van der Waals surface area contributed by atoms with Crippen molar-refractivity contribution in [2.45, 2.75) is 0 Å². The highest BCUT2D eigenvalue weighted by Crippen LogP contribution is 2.36. The van der Waals surface area contributed by atoms with Gasteiger partial charge in [0.1, 0.15) is 11.0 Å². The van der Waals surface area contributed by atoms with E-state index in [0.29, 0.717) is 15.4 Å². The highest BCUT2D eigenvalue weighted by molar-refractivity contribution is 7.25. The summed E-state index contributed by atoms with van der Waals surface area (Å²) in [4.78, 5) is 19.6. The van der Waals surface area contributed by atoms with Crippen molar-refractivity contribution < 1.29 is 0 Å². The maximum absolute atomic E-state index is 13.0. The second-order valence-corrected chi connectivity index (χ2v) is 7.21. The van der Waals surface area contributed by atoms with E-state index in [2.05, 4.69) is 4.98 Å². The second kappa shape index (κ2) is 5.61. The first-order chi connectivity index (χ1) is 11.6. The van der Waals surface area contributed by atoms with E-state index < -0.39 is 0 Å². The monoisotopic (exact) mass is 355 g/mol. The van der Waals surface area contributed by atoms with Gasteiger partial charge in [-0.1, -0.05) is 23.7 Å². The molecule has 2 aromatic carbocycles. The van der Waals surface area contributed by atoms with E-state index in [1.807, 2.05) is 49.3 Å². The third-order valence-corrected chi connectivity index (χ3v) is 5.32. The summed E-state index contributed by atoms with van der Waals surface area (Å²) < 4.78 is 3.25. The van der Waals surface area contributed by atoms with Crippen molar-refractivity contribution in [1.82, 2.24) is 9.55 Å². The molecule has 0 fully saturated rings. The lowest BCUT2D eigenvalue weighted by Gasteiger charge is -2.13. The smallest absolute Gasteiger partial charge is 0.275 e. The van der Waals surface area contributed by atoms with E-state index in [1.54, 1.807) is 23.0 Å². The molecule has 2 heterocycles. The zero-order chi connectivity index (χ0) is 16.8. The van der Waals surface area contributed by atoms with E-state index in [4.69, 9.17) is 11.6 Å². The zero-order valence-electron chi connectivity index (χ0n) is 13.2. The fourth-order valence-corrected chi connectivity index (χ4v) is 4.13. The molecule has 0 aliphatic heterocycles. The zero-order valence-corrected chi connectivity index (χ0v) is 14.7. The molecule has 0 spiro atoms. The molecule has 0 saturated heterocycles. The number of aromatic nitrogens is 2. The van der Waals surface area contributed by atoms with E-state index in [0.717, 1.165) is 21.3 Å². The molecule has 0 saturated carbocycles. The van der Waals surface area contributed by atoms with Gasteiger partial charge < -0.3 is 4.90 Å². The minimum Gasteiger partial charge on any atom is -0.377 e. The van der Waals surface area contributed by atoms with Crippen molar-refractivity contribution in [3.8, 4) is 5.69 Å². The summed E-state index contributed by atoms with van der Waals surface area (Å²) in [5.41, 5.74) is 2.45. The summed E-state index contributed by atoms with van der Waals surface area (Å²) in [5.74, 6) is 0. The second-order valence-electron chi connectivity index (χ2n) is 5.72. The highest BCUT2D eigenvalue weighted by Gasteiger charge is 2.15. The molecule has 6 heteroatoms. The average Bonchev–Trinajstić information content (AvgIpc) is 2.94. The summed E-state index contributed by atoms with van der Waals surface area (Å²) in [6, 6.07) is 13.3. The van der Waals surface area contributed by atoms with Gasteiger partial charge in [-0.25, -0.2) is 4.98 Å². The molecular weight excluding hydrogens is 342 g/mol. The third kappa shape index (κ3) is 2.28. The molecule has 4 nitrogen and oxygen atoms in total. The summed E-state index contributed by atoms with van der Waals surface area (Å²) in [6.07, 6.45) is 1.58. The average molecular weight is 356 g/mol. The summed E-state index contributed by atoms with van der Waals surface area (Å²) in [6.45, 7) is 0. The molecule has 24 heavy (non-hydrogen) atoms. The Balaban J connectivity index is 2.06. The number of anilines is 1. The number of rotatable bonds is 2. The lowest BCUT2D eigenvalue weighted by atomic mass is 10.2. The van der Waals surface area contributed by atoms with E-state index in [9.17, 15) is 4.79 Å². The lowest BCUT2D eigenvalue weighted by molar-refractivity contribution is 0.967. The minimum absolute atomic E-state index is 0.0758. The summed E-state index contributed by atoms with van der Waals surface area (Å²) in [5, 5.41) is 1.61. The number of thiophene rings is 1. The number of hydrogen-bond acceptors (Lipinski definition) is 4. The molecule has 0 bridgehead atoms. The van der Waals surface area contributed by atoms with E-state index >= 15 is 0 Å². The summed E-state index contributed by atoms with van der Waals surface area (Å²) >= 11 is 7.52. The number of fused-ring (bicyclic) bond motifs is 3. The van der Waals surface area contributed by atoms with Crippen molar-refractivity contribution >= 4 is 48.9 Å². The van der Waals surface area contributed by atoms with Crippen LogP contribution in [-0.2, 0) is 0 Å². The van der Waals surface area contributed by atoms with Crippen LogP contribution in [-0.4, -0.2) is 23.6 Å². The van der Waals surface area contributed by atoms with Crippen molar-refractivity contribution in [3.05, 3.63) is 64.2 Å². The largest absolute Gasteiger partial charge is 0.377 e. The van der Waals surface area contributed by atoms with Gasteiger partial charge in [-0.3, -0.25) is 9.36 Å². The molecule has 4 rings (SSSR count). The lowest BCUT2D eigenvalue weighted by Crippen LogP contribution is -2.17. The van der Waals surface area contributed by atoms with Gasteiger partial charge in [-0.15, -0.1) is 11.3 Å². The topological polar surface area (TPSA) is 38.1 Å². The predicted molar refractivity (Wildman–Crippen MR) is 102 cm³/mol. The van der Waals surface area contributed by atoms with Gasteiger partial charge in [0.15, 0.2) is 0 Å². The van der Waals surface area contributed by atoms with E-state index in [1.165, 1.54) is 11.3 Å².